The van der Waals surface area contributed by atoms with E-state index in [1.165, 1.54) is 0 Å². The van der Waals surface area contributed by atoms with Crippen LogP contribution >= 0.6 is 0 Å². The summed E-state index contributed by atoms with van der Waals surface area (Å²) in [6.45, 7) is 6.42. The van der Waals surface area contributed by atoms with Gasteiger partial charge in [0.1, 0.15) is 29.5 Å². The molecule has 0 bridgehead atoms. The summed E-state index contributed by atoms with van der Waals surface area (Å²) in [5.41, 5.74) is -0.702. The van der Waals surface area contributed by atoms with Gasteiger partial charge < -0.3 is 28.8 Å². The quantitative estimate of drug-likeness (QED) is 0.323. The molecule has 8 heteroatoms. The van der Waals surface area contributed by atoms with E-state index in [1.54, 1.807) is 36.4 Å². The maximum atomic E-state index is 14.1. The van der Waals surface area contributed by atoms with Gasteiger partial charge in [-0.1, -0.05) is 69.3 Å². The van der Waals surface area contributed by atoms with Crippen molar-refractivity contribution in [2.45, 2.75) is 87.4 Å². The van der Waals surface area contributed by atoms with Crippen molar-refractivity contribution < 1.29 is 38.4 Å². The summed E-state index contributed by atoms with van der Waals surface area (Å²) in [7, 11) is 0. The van der Waals surface area contributed by atoms with Crippen LogP contribution in [0.4, 0.5) is 0 Å². The molecule has 2 spiro atoms. The molecule has 2 aromatic rings. The maximum absolute atomic E-state index is 14.1. The standard InChI is InChI=1S/C34H34O8/c1-17(2)32-26(41-32)27-34(42-27)31(3)15-14-20-23(21(31)16-22-33(34,40-22)30(32)37)25(24(35)18-10-6-4-7-11-18)38-29(20)39-28(36)19-12-8-5-9-13-19/h4-13,17,21-23,25-27,30,37H,14-16H2,1-3H3/t21-,22-,23?,25?,26-,27-,30+,31-,32-,33+,34+/m0/s1. The number of ether oxygens (including phenoxy) is 5. The number of rotatable bonds is 5. The Morgan fingerprint density at radius 2 is 1.64 bits per heavy atom. The summed E-state index contributed by atoms with van der Waals surface area (Å²) in [5, 5.41) is 11.9. The fourth-order valence-corrected chi connectivity index (χ4v) is 9.85. The fraction of sp³-hybridized carbons (Fsp3) is 0.529. The Kier molecular flexibility index (Phi) is 4.80. The highest BCUT2D eigenvalue weighted by Gasteiger charge is 3.00. The molecule has 42 heavy (non-hydrogen) atoms. The van der Waals surface area contributed by atoms with Crippen LogP contribution in [0.15, 0.2) is 72.2 Å². The lowest BCUT2D eigenvalue weighted by Crippen LogP contribution is -2.70. The minimum absolute atomic E-state index is 0.0463. The molecule has 0 aromatic heterocycles. The monoisotopic (exact) mass is 570 g/mol. The van der Waals surface area contributed by atoms with E-state index in [-0.39, 0.29) is 47.8 Å². The molecule has 0 amide bonds. The second-order valence-electron chi connectivity index (χ2n) is 13.7. The highest BCUT2D eigenvalue weighted by Crippen LogP contribution is 2.83. The van der Waals surface area contributed by atoms with Gasteiger partial charge in [0.25, 0.3) is 5.95 Å². The van der Waals surface area contributed by atoms with Crippen molar-refractivity contribution in [3.05, 3.63) is 83.3 Å². The Bertz CT molecular complexity index is 1550. The van der Waals surface area contributed by atoms with Crippen LogP contribution in [-0.2, 0) is 23.7 Å². The first kappa shape index (κ1) is 25.5. The predicted molar refractivity (Wildman–Crippen MR) is 147 cm³/mol. The van der Waals surface area contributed by atoms with Gasteiger partial charge >= 0.3 is 5.97 Å². The Balaban J connectivity index is 1.12. The Labute approximate surface area is 243 Å². The van der Waals surface area contributed by atoms with E-state index in [0.29, 0.717) is 24.0 Å². The summed E-state index contributed by atoms with van der Waals surface area (Å²) in [4.78, 5) is 27.2. The largest absolute Gasteiger partial charge is 0.453 e. The number of aliphatic hydroxyl groups excluding tert-OH is 1. The number of aliphatic hydroxyl groups is 1. The molecule has 218 valence electrons. The Hall–Kier alpha value is -3.04. The van der Waals surface area contributed by atoms with Gasteiger partial charge in [-0.15, -0.1) is 0 Å². The van der Waals surface area contributed by atoms with Crippen molar-refractivity contribution in [1.82, 2.24) is 0 Å². The number of carbonyl (C=O) groups is 2. The van der Waals surface area contributed by atoms with Crippen molar-refractivity contribution in [1.29, 1.82) is 0 Å². The van der Waals surface area contributed by atoms with Gasteiger partial charge in [0.2, 0.25) is 5.78 Å². The minimum Gasteiger partial charge on any atom is -0.453 e. The van der Waals surface area contributed by atoms with Crippen molar-refractivity contribution >= 4 is 11.8 Å². The molecule has 2 unspecified atom stereocenters. The van der Waals surface area contributed by atoms with Crippen molar-refractivity contribution in [3.8, 4) is 0 Å². The summed E-state index contributed by atoms with van der Waals surface area (Å²) in [6, 6.07) is 18.0. The van der Waals surface area contributed by atoms with Crippen LogP contribution in [0.5, 0.6) is 0 Å². The number of hydrogen-bond donors (Lipinski definition) is 1. The highest BCUT2D eigenvalue weighted by atomic mass is 16.7. The van der Waals surface area contributed by atoms with E-state index in [9.17, 15) is 14.7 Å². The minimum atomic E-state index is -0.842. The second-order valence-corrected chi connectivity index (χ2v) is 13.7. The van der Waals surface area contributed by atoms with Gasteiger partial charge in [0.15, 0.2) is 11.7 Å². The van der Waals surface area contributed by atoms with Gasteiger partial charge in [-0.25, -0.2) is 4.79 Å². The third-order valence-electron chi connectivity index (χ3n) is 11.9. The van der Waals surface area contributed by atoms with Crippen LogP contribution < -0.4 is 0 Å². The molecule has 0 radical (unpaired) electrons. The normalized spacial score (nSPS) is 46.6. The third-order valence-corrected chi connectivity index (χ3v) is 11.9. The first-order chi connectivity index (χ1) is 20.2. The van der Waals surface area contributed by atoms with Crippen LogP contribution in [0.3, 0.4) is 0 Å². The summed E-state index contributed by atoms with van der Waals surface area (Å²) < 4.78 is 31.8. The van der Waals surface area contributed by atoms with Crippen molar-refractivity contribution in [2.24, 2.45) is 23.2 Å². The average Bonchev–Trinajstić information content (AvgIpc) is 3.91. The SMILES string of the molecule is CC(C)[C@]12O[C@H]1[C@@H]1O[C@]13[C@]1(O[C@H]1C[C@H]1C4C(=C(OC(=O)c5ccccc5)OC4C(=O)c4ccccc4)CC[C@@]13C)[C@@H]2O. The smallest absolute Gasteiger partial charge is 0.345 e. The van der Waals surface area contributed by atoms with E-state index in [4.69, 9.17) is 23.7 Å². The molecule has 9 rings (SSSR count). The van der Waals surface area contributed by atoms with E-state index < -0.39 is 40.4 Å². The van der Waals surface area contributed by atoms with E-state index in [0.717, 1.165) is 12.0 Å². The molecule has 1 N–H and O–H groups in total. The van der Waals surface area contributed by atoms with Gasteiger partial charge in [-0.3, -0.25) is 4.79 Å². The molecule has 7 aliphatic rings. The molecule has 11 atom stereocenters. The van der Waals surface area contributed by atoms with E-state index in [2.05, 4.69) is 20.8 Å². The zero-order valence-corrected chi connectivity index (χ0v) is 23.8. The predicted octanol–water partition coefficient (Wildman–Crippen LogP) is 4.22. The number of fused-ring (bicyclic) bond motifs is 5. The van der Waals surface area contributed by atoms with Crippen LogP contribution in [0, 0.1) is 23.2 Å². The molecule has 8 nitrogen and oxygen atoms in total. The number of epoxide rings is 3. The lowest BCUT2D eigenvalue weighted by molar-refractivity contribution is -0.117. The zero-order chi connectivity index (χ0) is 28.8. The number of benzene rings is 2. The van der Waals surface area contributed by atoms with E-state index >= 15 is 0 Å². The first-order valence-electron chi connectivity index (χ1n) is 15.2. The molecule has 3 aliphatic carbocycles. The Morgan fingerprint density at radius 1 is 0.952 bits per heavy atom. The molecular weight excluding hydrogens is 536 g/mol. The first-order valence-corrected chi connectivity index (χ1v) is 15.2. The van der Waals surface area contributed by atoms with Crippen molar-refractivity contribution in [3.63, 3.8) is 0 Å². The van der Waals surface area contributed by atoms with Crippen LogP contribution in [-0.4, -0.2) is 64.2 Å². The van der Waals surface area contributed by atoms with Crippen molar-refractivity contribution in [2.75, 3.05) is 0 Å². The molecule has 4 heterocycles. The van der Waals surface area contributed by atoms with Gasteiger partial charge in [-0.2, -0.15) is 0 Å². The van der Waals surface area contributed by atoms with E-state index in [1.807, 2.05) is 24.3 Å². The molecule has 2 aromatic carbocycles. The lowest BCUT2D eigenvalue weighted by atomic mass is 9.44. The zero-order valence-electron chi connectivity index (χ0n) is 23.8. The molecular formula is C34H34O8. The summed E-state index contributed by atoms with van der Waals surface area (Å²) >= 11 is 0. The third kappa shape index (κ3) is 2.74. The van der Waals surface area contributed by atoms with Crippen LogP contribution in [0.1, 0.15) is 60.7 Å². The number of hydrogen-bond acceptors (Lipinski definition) is 8. The molecule has 3 saturated heterocycles. The van der Waals surface area contributed by atoms with Crippen LogP contribution in [0.2, 0.25) is 0 Å². The molecule has 4 aliphatic heterocycles. The summed E-state index contributed by atoms with van der Waals surface area (Å²) in [5.74, 6) is -0.733. The maximum Gasteiger partial charge on any atom is 0.345 e. The number of ketones is 1. The fourth-order valence-electron chi connectivity index (χ4n) is 9.85. The topological polar surface area (TPSA) is 110 Å². The van der Waals surface area contributed by atoms with Gasteiger partial charge in [0, 0.05) is 22.5 Å². The van der Waals surface area contributed by atoms with Gasteiger partial charge in [0.05, 0.1) is 11.7 Å². The Morgan fingerprint density at radius 3 is 2.33 bits per heavy atom. The van der Waals surface area contributed by atoms with Gasteiger partial charge in [-0.05, 0) is 43.2 Å². The molecule has 6 fully saturated rings. The highest BCUT2D eigenvalue weighted by molar-refractivity contribution is 6.00. The lowest BCUT2D eigenvalue weighted by Gasteiger charge is -2.55. The number of carbonyl (C=O) groups excluding carboxylic acids is 2. The number of esters is 1. The number of Topliss-reactive ketones (excluding diaryl/α,β-unsaturated/α-hetero) is 1. The summed E-state index contributed by atoms with van der Waals surface area (Å²) in [6.07, 6.45) is -0.188. The average molecular weight is 571 g/mol. The molecule has 3 saturated carbocycles. The second kappa shape index (κ2) is 7.91. The van der Waals surface area contributed by atoms with Crippen LogP contribution in [0.25, 0.3) is 0 Å².